The number of hydrogen-bond donors (Lipinski definition) is 1. The topological polar surface area (TPSA) is 63.0 Å². The van der Waals surface area contributed by atoms with Crippen LogP contribution in [0, 0.1) is 11.7 Å². The van der Waals surface area contributed by atoms with Crippen LogP contribution in [0.3, 0.4) is 0 Å². The van der Waals surface area contributed by atoms with Crippen molar-refractivity contribution in [2.75, 3.05) is 0 Å². The largest absolute Gasteiger partial charge is 0.296 e. The van der Waals surface area contributed by atoms with E-state index in [0.717, 1.165) is 4.68 Å². The van der Waals surface area contributed by atoms with Crippen molar-refractivity contribution in [2.45, 2.75) is 6.92 Å². The van der Waals surface area contributed by atoms with E-state index < -0.39 is 5.56 Å². The Morgan fingerprint density at radius 2 is 2.00 bits per heavy atom. The lowest BCUT2D eigenvalue weighted by Gasteiger charge is -2.03. The van der Waals surface area contributed by atoms with Gasteiger partial charge in [-0.05, 0) is 31.3 Å². The lowest BCUT2D eigenvalue weighted by Crippen LogP contribution is -2.22. The van der Waals surface area contributed by atoms with Gasteiger partial charge in [-0.1, -0.05) is 34.8 Å². The summed E-state index contributed by atoms with van der Waals surface area (Å²) in [6.45, 7) is 1.54. The van der Waals surface area contributed by atoms with E-state index in [1.165, 1.54) is 6.21 Å². The second-order valence-electron chi connectivity index (χ2n) is 3.73. The summed E-state index contributed by atoms with van der Waals surface area (Å²) in [5, 5.41) is 11.2. The number of aromatic nitrogens is 3. The number of aryl methyl sites for hydroxylation is 1. The third-order valence-electron chi connectivity index (χ3n) is 2.40. The van der Waals surface area contributed by atoms with E-state index in [-0.39, 0.29) is 15.5 Å². The van der Waals surface area contributed by atoms with Gasteiger partial charge in [-0.25, -0.2) is 0 Å². The molecule has 0 fully saturated rings. The van der Waals surface area contributed by atoms with Gasteiger partial charge >= 0.3 is 0 Å². The molecule has 0 aliphatic carbocycles. The first-order chi connectivity index (χ1) is 9.41. The number of nitrogens with one attached hydrogen (secondary N) is 1. The smallest absolute Gasteiger partial charge is 0.265 e. The maximum atomic E-state index is 11.9. The highest BCUT2D eigenvalue weighted by atomic mass is 35.5. The Balaban J connectivity index is 2.57. The number of aromatic amines is 1. The summed E-state index contributed by atoms with van der Waals surface area (Å²) in [4.78, 5) is 11.9. The van der Waals surface area contributed by atoms with Crippen LogP contribution in [0.4, 0.5) is 0 Å². The van der Waals surface area contributed by atoms with E-state index in [1.807, 2.05) is 0 Å². The van der Waals surface area contributed by atoms with Gasteiger partial charge in [0.15, 0.2) is 0 Å². The first kappa shape index (κ1) is 15.2. The number of hydrogen-bond acceptors (Lipinski definition) is 4. The van der Waals surface area contributed by atoms with E-state index in [0.29, 0.717) is 15.6 Å². The van der Waals surface area contributed by atoms with Crippen molar-refractivity contribution in [1.29, 1.82) is 0 Å². The van der Waals surface area contributed by atoms with Crippen molar-refractivity contribution in [3.63, 3.8) is 0 Å². The van der Waals surface area contributed by atoms with Crippen LogP contribution in [-0.2, 0) is 0 Å². The van der Waals surface area contributed by atoms with Crippen LogP contribution < -0.4 is 5.56 Å². The van der Waals surface area contributed by atoms with Crippen LogP contribution in [0.2, 0.25) is 15.1 Å². The van der Waals surface area contributed by atoms with Crippen molar-refractivity contribution >= 4 is 53.2 Å². The minimum Gasteiger partial charge on any atom is -0.265 e. The number of nitrogens with zero attached hydrogens (tertiary/aromatic N) is 3. The third-order valence-corrected chi connectivity index (χ3v) is 3.81. The summed E-state index contributed by atoms with van der Waals surface area (Å²) < 4.78 is 1.05. The van der Waals surface area contributed by atoms with Gasteiger partial charge < -0.3 is 0 Å². The molecule has 0 unspecified atom stereocenters. The van der Waals surface area contributed by atoms with Gasteiger partial charge in [0.25, 0.3) is 5.56 Å². The van der Waals surface area contributed by atoms with Gasteiger partial charge in [0.1, 0.15) is 5.69 Å². The number of halogens is 3. The summed E-state index contributed by atoms with van der Waals surface area (Å²) in [5.41, 5.74) is 0.204. The molecular weight excluding hydrogens is 343 g/mol. The van der Waals surface area contributed by atoms with Crippen LogP contribution in [0.1, 0.15) is 11.3 Å². The molecule has 0 spiro atoms. The fraction of sp³-hybridized carbons (Fsp3) is 0.0909. The van der Waals surface area contributed by atoms with Gasteiger partial charge in [-0.15, -0.1) is 0 Å². The van der Waals surface area contributed by atoms with E-state index in [1.54, 1.807) is 19.1 Å². The Kier molecular flexibility index (Phi) is 4.59. The van der Waals surface area contributed by atoms with Crippen LogP contribution in [-0.4, -0.2) is 21.1 Å². The maximum absolute atomic E-state index is 11.9. The minimum absolute atomic E-state index is 0.0612. The quantitative estimate of drug-likeness (QED) is 0.513. The van der Waals surface area contributed by atoms with Gasteiger partial charge in [-0.2, -0.15) is 14.9 Å². The third kappa shape index (κ3) is 2.93. The Hall–Kier alpha value is -1.21. The van der Waals surface area contributed by atoms with Gasteiger partial charge in [0, 0.05) is 5.56 Å². The summed E-state index contributed by atoms with van der Waals surface area (Å²) in [6, 6.07) is 3.15. The fourth-order valence-corrected chi connectivity index (χ4v) is 2.16. The normalized spacial score (nSPS) is 11.2. The minimum atomic E-state index is -0.431. The van der Waals surface area contributed by atoms with Crippen molar-refractivity contribution in [2.24, 2.45) is 5.10 Å². The predicted octanol–water partition coefficient (Wildman–Crippen LogP) is 3.45. The van der Waals surface area contributed by atoms with E-state index in [9.17, 15) is 4.79 Å². The second kappa shape index (κ2) is 6.05. The molecule has 0 saturated heterocycles. The predicted molar refractivity (Wildman–Crippen MR) is 82.9 cm³/mol. The Labute approximate surface area is 133 Å². The highest BCUT2D eigenvalue weighted by molar-refractivity contribution is 7.71. The molecule has 9 heteroatoms. The average molecular weight is 350 g/mol. The number of H-pyrrole nitrogens is 1. The van der Waals surface area contributed by atoms with Gasteiger partial charge in [-0.3, -0.25) is 9.89 Å². The van der Waals surface area contributed by atoms with Crippen LogP contribution in [0.5, 0.6) is 0 Å². The fourth-order valence-electron chi connectivity index (χ4n) is 1.35. The monoisotopic (exact) mass is 348 g/mol. The zero-order chi connectivity index (χ0) is 14.9. The Bertz CT molecular complexity index is 812. The van der Waals surface area contributed by atoms with Crippen molar-refractivity contribution in [3.05, 3.63) is 53.6 Å². The molecule has 0 amide bonds. The molecule has 1 heterocycles. The molecule has 20 heavy (non-hydrogen) atoms. The molecule has 2 rings (SSSR count). The summed E-state index contributed by atoms with van der Waals surface area (Å²) in [5.74, 6) is 0. The Morgan fingerprint density at radius 1 is 1.35 bits per heavy atom. The molecule has 0 saturated carbocycles. The van der Waals surface area contributed by atoms with Crippen LogP contribution in [0.15, 0.2) is 22.0 Å². The van der Waals surface area contributed by atoms with Crippen molar-refractivity contribution in [1.82, 2.24) is 14.9 Å². The van der Waals surface area contributed by atoms with Gasteiger partial charge in [0.05, 0.1) is 21.3 Å². The van der Waals surface area contributed by atoms with Crippen molar-refractivity contribution < 1.29 is 0 Å². The molecule has 0 aliphatic rings. The molecule has 1 N–H and O–H groups in total. The molecule has 0 aliphatic heterocycles. The van der Waals surface area contributed by atoms with Crippen molar-refractivity contribution in [3.8, 4) is 0 Å². The van der Waals surface area contributed by atoms with Crippen LogP contribution in [0.25, 0.3) is 0 Å². The standard InChI is InChI=1S/C11H7Cl3N4OS/c1-5-10(19)18(11(20)17-16-5)15-4-6-7(12)2-3-8(13)9(6)14/h2-4H,1H3,(H,17,20)/b15-4-. The molecular formula is C11H7Cl3N4OS. The maximum Gasteiger partial charge on any atom is 0.296 e. The lowest BCUT2D eigenvalue weighted by atomic mass is 10.2. The second-order valence-corrected chi connectivity index (χ2v) is 5.31. The summed E-state index contributed by atoms with van der Waals surface area (Å²) in [6.07, 6.45) is 1.32. The highest BCUT2D eigenvalue weighted by Gasteiger charge is 2.08. The summed E-state index contributed by atoms with van der Waals surface area (Å²) >= 11 is 22.9. The molecule has 0 atom stereocenters. The van der Waals surface area contributed by atoms with Crippen LogP contribution >= 0.6 is 47.0 Å². The number of rotatable bonds is 2. The SMILES string of the molecule is Cc1n[nH]c(=S)n(/N=C\c2c(Cl)ccc(Cl)c2Cl)c1=O. The van der Waals surface area contributed by atoms with Gasteiger partial charge in [0.2, 0.25) is 4.77 Å². The Morgan fingerprint density at radius 3 is 2.70 bits per heavy atom. The zero-order valence-electron chi connectivity index (χ0n) is 10.0. The first-order valence-corrected chi connectivity index (χ1v) is 6.82. The molecule has 2 aromatic rings. The molecule has 5 nitrogen and oxygen atoms in total. The zero-order valence-corrected chi connectivity index (χ0v) is 13.1. The number of benzene rings is 1. The average Bonchev–Trinajstić information content (AvgIpc) is 2.42. The molecule has 0 radical (unpaired) electrons. The van der Waals surface area contributed by atoms with E-state index in [2.05, 4.69) is 15.3 Å². The first-order valence-electron chi connectivity index (χ1n) is 5.28. The van der Waals surface area contributed by atoms with E-state index >= 15 is 0 Å². The highest BCUT2D eigenvalue weighted by Crippen LogP contribution is 2.29. The van der Waals surface area contributed by atoms with E-state index in [4.69, 9.17) is 47.0 Å². The molecule has 1 aromatic heterocycles. The summed E-state index contributed by atoms with van der Waals surface area (Å²) in [7, 11) is 0. The lowest BCUT2D eigenvalue weighted by molar-refractivity contribution is 0.720. The molecule has 0 bridgehead atoms. The molecule has 104 valence electrons. The molecule has 1 aromatic carbocycles.